The van der Waals surface area contributed by atoms with Crippen molar-refractivity contribution < 1.29 is 49.3 Å². The molecule has 71 heavy (non-hydrogen) atoms. The first kappa shape index (κ1) is 66.9. The highest BCUT2D eigenvalue weighted by molar-refractivity contribution is 5.80. The van der Waals surface area contributed by atoms with Crippen molar-refractivity contribution in [3.63, 3.8) is 0 Å². The predicted molar refractivity (Wildman–Crippen MR) is 292 cm³/mol. The van der Waals surface area contributed by atoms with Crippen LogP contribution in [0.15, 0.2) is 36.5 Å². The SMILES string of the molecule is CCCCCCCC/C=C\CCCCC(O)C(=O)NC(COC1OC(CO)C(O)C(O)C1OC(=O)CCCCCCCCCCC/C=C/CCCCCCCC)C(O)/C=C/CCCCCCCCCCC. The number of aliphatic hydroxyl groups is 5. The van der Waals surface area contributed by atoms with E-state index in [1.807, 2.05) is 6.08 Å². The Morgan fingerprint density at radius 1 is 0.535 bits per heavy atom. The van der Waals surface area contributed by atoms with Crippen LogP contribution in [-0.4, -0.2) is 99.6 Å². The number of esters is 1. The van der Waals surface area contributed by atoms with Crippen LogP contribution in [0.2, 0.25) is 0 Å². The first-order chi connectivity index (χ1) is 34.7. The molecular weight excluding hydrogens is 895 g/mol. The Balaban J connectivity index is 2.68. The maximum Gasteiger partial charge on any atom is 0.306 e. The number of nitrogens with one attached hydrogen (secondary N) is 1. The van der Waals surface area contributed by atoms with E-state index in [9.17, 15) is 35.1 Å². The van der Waals surface area contributed by atoms with Crippen LogP contribution < -0.4 is 5.32 Å². The van der Waals surface area contributed by atoms with E-state index in [0.29, 0.717) is 12.8 Å². The van der Waals surface area contributed by atoms with Crippen molar-refractivity contribution >= 4 is 11.9 Å². The van der Waals surface area contributed by atoms with E-state index in [1.165, 1.54) is 167 Å². The van der Waals surface area contributed by atoms with E-state index in [4.69, 9.17) is 14.2 Å². The minimum absolute atomic E-state index is 0.121. The second-order valence-electron chi connectivity index (χ2n) is 20.7. The average molecular weight is 1010 g/mol. The molecule has 1 rings (SSSR count). The van der Waals surface area contributed by atoms with Crippen LogP contribution in [0, 0.1) is 0 Å². The fraction of sp³-hybridized carbons (Fsp3) is 0.867. The van der Waals surface area contributed by atoms with Crippen molar-refractivity contribution in [1.29, 1.82) is 0 Å². The zero-order valence-corrected chi connectivity index (χ0v) is 45.9. The van der Waals surface area contributed by atoms with Crippen molar-refractivity contribution in [3.8, 4) is 0 Å². The van der Waals surface area contributed by atoms with Gasteiger partial charge in [0.2, 0.25) is 5.91 Å². The lowest BCUT2D eigenvalue weighted by molar-refractivity contribution is -0.305. The lowest BCUT2D eigenvalue weighted by Gasteiger charge is -2.41. The van der Waals surface area contributed by atoms with E-state index in [1.54, 1.807) is 6.08 Å². The Kier molecular flexibility index (Phi) is 46.0. The molecule has 8 unspecified atom stereocenters. The number of hydrogen-bond acceptors (Lipinski definition) is 10. The van der Waals surface area contributed by atoms with Gasteiger partial charge in [-0.2, -0.15) is 0 Å². The fourth-order valence-electron chi connectivity index (χ4n) is 9.23. The molecule has 0 aliphatic carbocycles. The standard InChI is InChI=1S/C60H111NO10/c1-4-7-10-13-16-19-22-24-25-26-27-28-29-30-33-36-39-42-45-48-55(65)71-58-57(67)56(66)54(49-62)70-60(58)69-50-51(52(63)46-43-40-37-34-31-21-18-15-12-9-6-3)61-59(68)53(64)47-44-41-38-35-32-23-20-17-14-11-8-5-2/h24-25,32,35,43,46,51-54,56-58,60,62-64,66-67H,4-23,26-31,33-34,36-42,44-45,47-50H2,1-3H3,(H,61,68)/b25-24+,35-32-,46-43+. The summed E-state index contributed by atoms with van der Waals surface area (Å²) in [6.45, 7) is 5.76. The van der Waals surface area contributed by atoms with Gasteiger partial charge in [0.15, 0.2) is 12.4 Å². The number of hydrogen-bond donors (Lipinski definition) is 6. The zero-order chi connectivity index (χ0) is 51.8. The first-order valence-corrected chi connectivity index (χ1v) is 29.8. The monoisotopic (exact) mass is 1010 g/mol. The molecule has 0 spiro atoms. The first-order valence-electron chi connectivity index (χ1n) is 29.8. The molecule has 0 bridgehead atoms. The lowest BCUT2D eigenvalue weighted by atomic mass is 9.99. The van der Waals surface area contributed by atoms with E-state index in [0.717, 1.165) is 57.8 Å². The van der Waals surface area contributed by atoms with Crippen molar-refractivity contribution in [3.05, 3.63) is 36.5 Å². The van der Waals surface area contributed by atoms with Gasteiger partial charge in [0, 0.05) is 6.42 Å². The fourth-order valence-corrected chi connectivity index (χ4v) is 9.23. The molecule has 6 N–H and O–H groups in total. The number of rotatable bonds is 50. The summed E-state index contributed by atoms with van der Waals surface area (Å²) in [5, 5.41) is 56.8. The van der Waals surface area contributed by atoms with Gasteiger partial charge in [-0.05, 0) is 77.0 Å². The summed E-state index contributed by atoms with van der Waals surface area (Å²) in [5.41, 5.74) is 0. The van der Waals surface area contributed by atoms with Crippen LogP contribution in [0.25, 0.3) is 0 Å². The van der Waals surface area contributed by atoms with Gasteiger partial charge in [-0.3, -0.25) is 9.59 Å². The van der Waals surface area contributed by atoms with Crippen LogP contribution in [0.4, 0.5) is 0 Å². The highest BCUT2D eigenvalue weighted by atomic mass is 16.7. The number of ether oxygens (including phenoxy) is 3. The maximum atomic E-state index is 13.3. The Bertz CT molecular complexity index is 1290. The molecule has 1 amide bonds. The lowest BCUT2D eigenvalue weighted by Crippen LogP contribution is -2.61. The van der Waals surface area contributed by atoms with Gasteiger partial charge in [-0.15, -0.1) is 0 Å². The second kappa shape index (κ2) is 48.8. The summed E-state index contributed by atoms with van der Waals surface area (Å²) in [4.78, 5) is 26.4. The summed E-state index contributed by atoms with van der Waals surface area (Å²) in [6.07, 6.45) is 46.2. The van der Waals surface area contributed by atoms with Crippen LogP contribution >= 0.6 is 0 Å². The van der Waals surface area contributed by atoms with Gasteiger partial charge in [-0.25, -0.2) is 0 Å². The van der Waals surface area contributed by atoms with Crippen LogP contribution in [-0.2, 0) is 23.8 Å². The Labute approximate surface area is 434 Å². The molecule has 0 aromatic heterocycles. The Morgan fingerprint density at radius 2 is 0.930 bits per heavy atom. The van der Waals surface area contributed by atoms with E-state index in [2.05, 4.69) is 50.4 Å². The third-order valence-corrected chi connectivity index (χ3v) is 14.0. The summed E-state index contributed by atoms with van der Waals surface area (Å²) in [7, 11) is 0. The number of amides is 1. The number of aliphatic hydroxyl groups excluding tert-OH is 5. The van der Waals surface area contributed by atoms with Gasteiger partial charge in [0.1, 0.15) is 24.4 Å². The molecule has 1 aliphatic rings. The van der Waals surface area contributed by atoms with Crippen LogP contribution in [0.5, 0.6) is 0 Å². The molecule has 0 saturated carbocycles. The van der Waals surface area contributed by atoms with Crippen molar-refractivity contribution in [1.82, 2.24) is 5.32 Å². The molecule has 11 heteroatoms. The normalized spacial score (nSPS) is 19.8. The molecular formula is C60H111NO10. The zero-order valence-electron chi connectivity index (χ0n) is 45.9. The van der Waals surface area contributed by atoms with Gasteiger partial charge < -0.3 is 45.1 Å². The minimum atomic E-state index is -1.61. The summed E-state index contributed by atoms with van der Waals surface area (Å²) >= 11 is 0. The van der Waals surface area contributed by atoms with E-state index >= 15 is 0 Å². The molecule has 0 aromatic rings. The quantitative estimate of drug-likeness (QED) is 0.0195. The predicted octanol–water partition coefficient (Wildman–Crippen LogP) is 13.5. The molecule has 1 aliphatic heterocycles. The molecule has 11 nitrogen and oxygen atoms in total. The van der Waals surface area contributed by atoms with Crippen molar-refractivity contribution in [2.24, 2.45) is 0 Å². The largest absolute Gasteiger partial charge is 0.454 e. The molecule has 416 valence electrons. The molecule has 0 aromatic carbocycles. The van der Waals surface area contributed by atoms with Crippen molar-refractivity contribution in [2.45, 2.75) is 320 Å². The highest BCUT2D eigenvalue weighted by Gasteiger charge is 2.47. The number of carbonyl (C=O) groups is 2. The summed E-state index contributed by atoms with van der Waals surface area (Å²) < 4.78 is 17.6. The van der Waals surface area contributed by atoms with E-state index in [-0.39, 0.29) is 19.4 Å². The van der Waals surface area contributed by atoms with Gasteiger partial charge in [-0.1, -0.05) is 224 Å². The minimum Gasteiger partial charge on any atom is -0.454 e. The smallest absolute Gasteiger partial charge is 0.306 e. The number of unbranched alkanes of at least 4 members (excludes halogenated alkanes) is 32. The maximum absolute atomic E-state index is 13.3. The van der Waals surface area contributed by atoms with Crippen LogP contribution in [0.3, 0.4) is 0 Å². The molecule has 1 saturated heterocycles. The molecule has 1 fully saturated rings. The highest BCUT2D eigenvalue weighted by Crippen LogP contribution is 2.26. The molecule has 1 heterocycles. The van der Waals surface area contributed by atoms with E-state index < -0.39 is 67.4 Å². The number of carbonyl (C=O) groups excluding carboxylic acids is 2. The topological polar surface area (TPSA) is 175 Å². The third-order valence-electron chi connectivity index (χ3n) is 14.0. The van der Waals surface area contributed by atoms with Crippen LogP contribution in [0.1, 0.15) is 271 Å². The number of allylic oxidation sites excluding steroid dienone is 5. The summed E-state index contributed by atoms with van der Waals surface area (Å²) in [5.74, 6) is -1.21. The second-order valence-corrected chi connectivity index (χ2v) is 20.7. The summed E-state index contributed by atoms with van der Waals surface area (Å²) in [6, 6.07) is -1.03. The van der Waals surface area contributed by atoms with Gasteiger partial charge in [0.05, 0.1) is 25.4 Å². The van der Waals surface area contributed by atoms with Gasteiger partial charge in [0.25, 0.3) is 0 Å². The third kappa shape index (κ3) is 37.3. The van der Waals surface area contributed by atoms with Gasteiger partial charge >= 0.3 is 5.97 Å². The Hall–Kier alpha value is -2.12. The Morgan fingerprint density at radius 3 is 1.37 bits per heavy atom. The molecule has 0 radical (unpaired) electrons. The van der Waals surface area contributed by atoms with Crippen molar-refractivity contribution in [2.75, 3.05) is 13.2 Å². The molecule has 8 atom stereocenters. The average Bonchev–Trinajstić information content (AvgIpc) is 3.37.